The Morgan fingerprint density at radius 2 is 2.00 bits per heavy atom. The maximum atomic E-state index is 12.5. The van der Waals surface area contributed by atoms with Crippen molar-refractivity contribution >= 4 is 40.6 Å². The minimum absolute atomic E-state index is 0.196. The van der Waals surface area contributed by atoms with Gasteiger partial charge in [0.15, 0.2) is 10.9 Å². The summed E-state index contributed by atoms with van der Waals surface area (Å²) >= 11 is 8.99. The van der Waals surface area contributed by atoms with Gasteiger partial charge in [-0.2, -0.15) is 0 Å². The molecule has 0 saturated carbocycles. The Balaban J connectivity index is 1.26. The number of pyridine rings is 1. The highest BCUT2D eigenvalue weighted by molar-refractivity contribution is 7.98. The molecular weight excluding hydrogens is 504 g/mol. The molecule has 0 radical (unpaired) electrons. The minimum Gasteiger partial charge on any atom is -0.461 e. The Labute approximate surface area is 214 Å². The van der Waals surface area contributed by atoms with Crippen molar-refractivity contribution in [1.29, 1.82) is 0 Å². The molecule has 176 valence electrons. The van der Waals surface area contributed by atoms with Crippen LogP contribution in [0.25, 0.3) is 17.3 Å². The topological polar surface area (TPSA) is 98.7 Å². The molecule has 0 spiro atoms. The number of nitrogens with one attached hydrogen (secondary N) is 1. The van der Waals surface area contributed by atoms with Crippen LogP contribution >= 0.6 is 34.7 Å². The summed E-state index contributed by atoms with van der Waals surface area (Å²) in [5.74, 6) is 1.54. The monoisotopic (exact) mass is 522 g/mol. The van der Waals surface area contributed by atoms with E-state index in [1.807, 2.05) is 59.2 Å². The highest BCUT2D eigenvalue weighted by Crippen LogP contribution is 2.31. The lowest BCUT2D eigenvalue weighted by Crippen LogP contribution is -2.26. The van der Waals surface area contributed by atoms with Crippen LogP contribution in [0.3, 0.4) is 0 Å². The summed E-state index contributed by atoms with van der Waals surface area (Å²) in [6.45, 7) is 0.497. The Kier molecular flexibility index (Phi) is 7.22. The molecule has 0 aliphatic rings. The largest absolute Gasteiger partial charge is 0.461 e. The molecule has 0 atom stereocenters. The van der Waals surface area contributed by atoms with Gasteiger partial charge < -0.3 is 9.73 Å². The van der Waals surface area contributed by atoms with Crippen LogP contribution in [0.1, 0.15) is 21.2 Å². The summed E-state index contributed by atoms with van der Waals surface area (Å²) < 4.78 is 7.47. The van der Waals surface area contributed by atoms with E-state index in [0.717, 1.165) is 16.4 Å². The second-order valence-corrected chi connectivity index (χ2v) is 9.66. The van der Waals surface area contributed by atoms with E-state index in [1.165, 1.54) is 23.1 Å². The number of aromatic nitrogens is 5. The van der Waals surface area contributed by atoms with Crippen LogP contribution in [0, 0.1) is 0 Å². The van der Waals surface area contributed by atoms with Gasteiger partial charge in [0.05, 0.1) is 12.0 Å². The molecule has 1 aromatic carbocycles. The molecule has 1 N–H and O–H groups in total. The van der Waals surface area contributed by atoms with Crippen LogP contribution in [0.4, 0.5) is 0 Å². The third-order valence-corrected chi connectivity index (χ3v) is 7.19. The number of thioether (sulfide) groups is 1. The van der Waals surface area contributed by atoms with E-state index in [-0.39, 0.29) is 5.91 Å². The van der Waals surface area contributed by atoms with Crippen LogP contribution < -0.4 is 5.32 Å². The minimum atomic E-state index is -0.196. The molecule has 5 aromatic rings. The van der Waals surface area contributed by atoms with Crippen molar-refractivity contribution in [2.24, 2.45) is 0 Å². The summed E-state index contributed by atoms with van der Waals surface area (Å²) in [6, 6.07) is 16.8. The Bertz CT molecular complexity index is 1400. The van der Waals surface area contributed by atoms with E-state index >= 15 is 0 Å². The number of carbonyl (C=O) groups is 1. The fourth-order valence-corrected chi connectivity index (χ4v) is 5.17. The van der Waals surface area contributed by atoms with Crippen molar-refractivity contribution in [3.05, 3.63) is 93.9 Å². The number of amides is 1. The maximum absolute atomic E-state index is 12.5. The van der Waals surface area contributed by atoms with Crippen LogP contribution in [0.2, 0.25) is 5.02 Å². The zero-order valence-corrected chi connectivity index (χ0v) is 20.7. The first-order valence-electron chi connectivity index (χ1n) is 10.7. The summed E-state index contributed by atoms with van der Waals surface area (Å²) in [7, 11) is 0. The summed E-state index contributed by atoms with van der Waals surface area (Å²) in [5.41, 5.74) is 2.20. The number of rotatable bonds is 9. The number of thiazole rings is 1. The molecule has 35 heavy (non-hydrogen) atoms. The Hall–Kier alpha value is -3.47. The molecule has 4 aromatic heterocycles. The lowest BCUT2D eigenvalue weighted by Gasteiger charge is -2.09. The van der Waals surface area contributed by atoms with Crippen molar-refractivity contribution in [2.75, 3.05) is 6.54 Å². The zero-order chi connectivity index (χ0) is 24.0. The molecule has 0 saturated heterocycles. The molecule has 8 nitrogen and oxygen atoms in total. The number of carbonyl (C=O) groups excluding carboxylic acids is 1. The molecule has 5 rings (SSSR count). The molecule has 0 aliphatic carbocycles. The van der Waals surface area contributed by atoms with Crippen LogP contribution in [0.15, 0.2) is 82.0 Å². The smallest absolute Gasteiger partial charge is 0.270 e. The predicted molar refractivity (Wildman–Crippen MR) is 136 cm³/mol. The van der Waals surface area contributed by atoms with Gasteiger partial charge in [0.2, 0.25) is 5.82 Å². The van der Waals surface area contributed by atoms with E-state index in [0.29, 0.717) is 46.2 Å². The maximum Gasteiger partial charge on any atom is 0.270 e. The highest BCUT2D eigenvalue weighted by Gasteiger charge is 2.19. The van der Waals surface area contributed by atoms with E-state index < -0.39 is 0 Å². The average molecular weight is 523 g/mol. The molecule has 0 aliphatic heterocycles. The first-order chi connectivity index (χ1) is 17.2. The number of hydrogen-bond donors (Lipinski definition) is 1. The predicted octanol–water partition coefficient (Wildman–Crippen LogP) is 5.30. The van der Waals surface area contributed by atoms with Gasteiger partial charge in [0.1, 0.15) is 10.7 Å². The number of halogens is 1. The van der Waals surface area contributed by atoms with Crippen molar-refractivity contribution in [3.63, 3.8) is 0 Å². The lowest BCUT2D eigenvalue weighted by molar-refractivity contribution is 0.0949. The molecule has 0 fully saturated rings. The van der Waals surface area contributed by atoms with Crippen molar-refractivity contribution < 1.29 is 9.21 Å². The second-order valence-electron chi connectivity index (χ2n) is 7.34. The van der Waals surface area contributed by atoms with Crippen molar-refractivity contribution in [3.8, 4) is 17.3 Å². The van der Waals surface area contributed by atoms with Gasteiger partial charge in [-0.3, -0.25) is 14.3 Å². The van der Waals surface area contributed by atoms with E-state index in [9.17, 15) is 4.79 Å². The quantitative estimate of drug-likeness (QED) is 0.262. The fourth-order valence-electron chi connectivity index (χ4n) is 3.30. The van der Waals surface area contributed by atoms with Gasteiger partial charge in [-0.25, -0.2) is 4.98 Å². The van der Waals surface area contributed by atoms with Crippen LogP contribution in [0.5, 0.6) is 0 Å². The van der Waals surface area contributed by atoms with E-state index in [4.69, 9.17) is 16.0 Å². The van der Waals surface area contributed by atoms with Crippen LogP contribution in [-0.4, -0.2) is 37.2 Å². The van der Waals surface area contributed by atoms with E-state index in [2.05, 4.69) is 25.5 Å². The Morgan fingerprint density at radius 3 is 2.77 bits per heavy atom. The number of hydrogen-bond acceptors (Lipinski definition) is 8. The van der Waals surface area contributed by atoms with Gasteiger partial charge in [-0.05, 0) is 48.5 Å². The molecule has 0 bridgehead atoms. The third kappa shape index (κ3) is 5.61. The Morgan fingerprint density at radius 1 is 1.11 bits per heavy atom. The zero-order valence-electron chi connectivity index (χ0n) is 18.3. The third-order valence-electron chi connectivity index (χ3n) is 4.96. The number of nitrogens with zero attached hydrogens (tertiary/aromatic N) is 5. The van der Waals surface area contributed by atoms with Gasteiger partial charge >= 0.3 is 0 Å². The lowest BCUT2D eigenvalue weighted by atomic mass is 10.2. The van der Waals surface area contributed by atoms with Gasteiger partial charge in [-0.1, -0.05) is 29.4 Å². The SMILES string of the molecule is O=C(NCCc1ccccn1)c1csc(CSc2nnc(-c3ccco3)n2-c2ccc(Cl)cc2)n1. The molecule has 1 amide bonds. The number of benzene rings is 1. The number of furan rings is 1. The van der Waals surface area contributed by atoms with Gasteiger partial charge in [0, 0.05) is 40.9 Å². The second kappa shape index (κ2) is 10.9. The van der Waals surface area contributed by atoms with E-state index in [1.54, 1.807) is 17.8 Å². The van der Waals surface area contributed by atoms with Crippen molar-refractivity contribution in [1.82, 2.24) is 30.0 Å². The van der Waals surface area contributed by atoms with Gasteiger partial charge in [0.25, 0.3) is 5.91 Å². The summed E-state index contributed by atoms with van der Waals surface area (Å²) in [4.78, 5) is 21.2. The fraction of sp³-hybridized carbons (Fsp3) is 0.125. The van der Waals surface area contributed by atoms with Crippen LogP contribution in [-0.2, 0) is 12.2 Å². The average Bonchev–Trinajstić information content (AvgIpc) is 3.65. The molecule has 11 heteroatoms. The molecule has 0 unspecified atom stereocenters. The summed E-state index contributed by atoms with van der Waals surface area (Å²) in [6.07, 6.45) is 4.01. The highest BCUT2D eigenvalue weighted by atomic mass is 35.5. The first kappa shape index (κ1) is 23.3. The summed E-state index contributed by atoms with van der Waals surface area (Å²) in [5, 5.41) is 15.5. The van der Waals surface area contributed by atoms with Crippen molar-refractivity contribution in [2.45, 2.75) is 17.3 Å². The molecule has 4 heterocycles. The normalized spacial score (nSPS) is 11.0. The van der Waals surface area contributed by atoms with Gasteiger partial charge in [-0.15, -0.1) is 21.5 Å². The molecular formula is C24H19ClN6O2S2. The first-order valence-corrected chi connectivity index (χ1v) is 12.9. The standard InChI is InChI=1S/C24H19ClN6O2S2/c25-16-6-8-18(9-7-16)31-22(20-5-3-13-33-20)29-30-24(31)35-15-21-28-19(14-34-21)23(32)27-12-10-17-4-1-2-11-26-17/h1-9,11,13-14H,10,12,15H2,(H,27,32).